The van der Waals surface area contributed by atoms with E-state index in [0.717, 1.165) is 32.6 Å². The van der Waals surface area contributed by atoms with E-state index in [4.69, 9.17) is 10.5 Å². The third-order valence-corrected chi connectivity index (χ3v) is 2.86. The van der Waals surface area contributed by atoms with Gasteiger partial charge in [-0.15, -0.1) is 0 Å². The molecule has 1 amide bonds. The van der Waals surface area contributed by atoms with Crippen molar-refractivity contribution in [3.8, 4) is 0 Å². The van der Waals surface area contributed by atoms with Gasteiger partial charge in [-0.25, -0.2) is 0 Å². The molecule has 15 heavy (non-hydrogen) atoms. The van der Waals surface area contributed by atoms with Crippen molar-refractivity contribution >= 4 is 5.91 Å². The standard InChI is InChI=1S/C11H16N2O2/c12-11(14)9-2-1-5-13(8-9)10-3-6-15-7-4-10/h1-2,8,10H,3-7H2,(H2,12,14). The highest BCUT2D eigenvalue weighted by molar-refractivity contribution is 5.94. The van der Waals surface area contributed by atoms with E-state index in [1.807, 2.05) is 12.3 Å². The molecular formula is C11H16N2O2. The Morgan fingerprint density at radius 2 is 2.20 bits per heavy atom. The lowest BCUT2D eigenvalue weighted by molar-refractivity contribution is -0.114. The van der Waals surface area contributed by atoms with E-state index in [-0.39, 0.29) is 5.91 Å². The average Bonchev–Trinajstić information content (AvgIpc) is 2.30. The zero-order valence-corrected chi connectivity index (χ0v) is 8.69. The van der Waals surface area contributed by atoms with Crippen molar-refractivity contribution in [1.29, 1.82) is 0 Å². The van der Waals surface area contributed by atoms with Gasteiger partial charge >= 0.3 is 0 Å². The topological polar surface area (TPSA) is 55.6 Å². The number of rotatable bonds is 2. The molecule has 2 aliphatic rings. The van der Waals surface area contributed by atoms with Crippen LogP contribution in [0.5, 0.6) is 0 Å². The Hall–Kier alpha value is -1.29. The summed E-state index contributed by atoms with van der Waals surface area (Å²) in [7, 11) is 0. The maximum Gasteiger partial charge on any atom is 0.250 e. The van der Waals surface area contributed by atoms with E-state index >= 15 is 0 Å². The molecule has 0 aromatic rings. The van der Waals surface area contributed by atoms with Crippen molar-refractivity contribution in [2.45, 2.75) is 18.9 Å². The van der Waals surface area contributed by atoms with Gasteiger partial charge in [0.05, 0.1) is 5.57 Å². The van der Waals surface area contributed by atoms with Gasteiger partial charge < -0.3 is 15.4 Å². The monoisotopic (exact) mass is 208 g/mol. The summed E-state index contributed by atoms with van der Waals surface area (Å²) in [5, 5.41) is 0. The molecule has 4 nitrogen and oxygen atoms in total. The number of nitrogens with zero attached hydrogens (tertiary/aromatic N) is 1. The molecule has 0 unspecified atom stereocenters. The van der Waals surface area contributed by atoms with Crippen molar-refractivity contribution in [2.24, 2.45) is 5.73 Å². The maximum absolute atomic E-state index is 11.0. The lowest BCUT2D eigenvalue weighted by Gasteiger charge is -2.34. The Labute approximate surface area is 89.4 Å². The molecule has 1 fully saturated rings. The van der Waals surface area contributed by atoms with E-state index < -0.39 is 0 Å². The zero-order valence-electron chi connectivity index (χ0n) is 8.69. The highest BCUT2D eigenvalue weighted by Crippen LogP contribution is 2.18. The molecule has 0 radical (unpaired) electrons. The second-order valence-electron chi connectivity index (χ2n) is 3.89. The molecule has 1 saturated heterocycles. The number of amides is 1. The summed E-state index contributed by atoms with van der Waals surface area (Å²) >= 11 is 0. The molecule has 2 N–H and O–H groups in total. The number of hydrogen-bond acceptors (Lipinski definition) is 3. The first-order valence-corrected chi connectivity index (χ1v) is 5.29. The minimum Gasteiger partial charge on any atom is -0.381 e. The summed E-state index contributed by atoms with van der Waals surface area (Å²) in [4.78, 5) is 13.2. The lowest BCUT2D eigenvalue weighted by atomic mass is 10.1. The molecule has 2 aliphatic heterocycles. The van der Waals surface area contributed by atoms with E-state index in [0.29, 0.717) is 11.6 Å². The van der Waals surface area contributed by atoms with Crippen LogP contribution in [0.1, 0.15) is 12.8 Å². The summed E-state index contributed by atoms with van der Waals surface area (Å²) in [6, 6.07) is 0.484. The van der Waals surface area contributed by atoms with Crippen LogP contribution in [0.2, 0.25) is 0 Å². The van der Waals surface area contributed by atoms with Gasteiger partial charge in [0.2, 0.25) is 5.91 Å². The minimum atomic E-state index is -0.358. The molecule has 4 heteroatoms. The fourth-order valence-electron chi connectivity index (χ4n) is 1.99. The number of primary amides is 1. The van der Waals surface area contributed by atoms with Crippen LogP contribution < -0.4 is 5.73 Å². The Bertz CT molecular complexity index is 304. The molecule has 0 aromatic heterocycles. The molecule has 0 aliphatic carbocycles. The second kappa shape index (κ2) is 4.49. The van der Waals surface area contributed by atoms with Gasteiger partial charge in [-0.2, -0.15) is 0 Å². The largest absolute Gasteiger partial charge is 0.381 e. The predicted octanol–water partition coefficient (Wildman–Crippen LogP) is 0.406. The number of carbonyl (C=O) groups is 1. The normalized spacial score (nSPS) is 22.7. The third-order valence-electron chi connectivity index (χ3n) is 2.86. The third kappa shape index (κ3) is 2.39. The quantitative estimate of drug-likeness (QED) is 0.715. The van der Waals surface area contributed by atoms with Crippen LogP contribution in [0.15, 0.2) is 23.9 Å². The fraction of sp³-hybridized carbons (Fsp3) is 0.545. The maximum atomic E-state index is 11.0. The van der Waals surface area contributed by atoms with Crippen molar-refractivity contribution in [3.63, 3.8) is 0 Å². The smallest absolute Gasteiger partial charge is 0.250 e. The highest BCUT2D eigenvalue weighted by atomic mass is 16.5. The summed E-state index contributed by atoms with van der Waals surface area (Å²) in [5.41, 5.74) is 5.84. The van der Waals surface area contributed by atoms with Gasteiger partial charge in [0.25, 0.3) is 0 Å². The first-order valence-electron chi connectivity index (χ1n) is 5.29. The van der Waals surface area contributed by atoms with E-state index in [1.54, 1.807) is 6.08 Å². The molecule has 0 saturated carbocycles. The predicted molar refractivity (Wildman–Crippen MR) is 57.0 cm³/mol. The molecule has 82 valence electrons. The fourth-order valence-corrected chi connectivity index (χ4v) is 1.99. The van der Waals surface area contributed by atoms with Gasteiger partial charge in [-0.1, -0.05) is 12.2 Å². The van der Waals surface area contributed by atoms with Crippen molar-refractivity contribution in [1.82, 2.24) is 4.90 Å². The van der Waals surface area contributed by atoms with Gasteiger partial charge in [0, 0.05) is 32.0 Å². The molecule has 0 spiro atoms. The van der Waals surface area contributed by atoms with Gasteiger partial charge in [-0.3, -0.25) is 4.79 Å². The van der Waals surface area contributed by atoms with Crippen LogP contribution in [-0.4, -0.2) is 36.6 Å². The summed E-state index contributed by atoms with van der Waals surface area (Å²) in [6.07, 6.45) is 7.69. The van der Waals surface area contributed by atoms with Crippen molar-refractivity contribution in [3.05, 3.63) is 23.9 Å². The average molecular weight is 208 g/mol. The van der Waals surface area contributed by atoms with Crippen LogP contribution in [0.4, 0.5) is 0 Å². The van der Waals surface area contributed by atoms with Crippen LogP contribution in [-0.2, 0) is 9.53 Å². The van der Waals surface area contributed by atoms with Gasteiger partial charge in [-0.05, 0) is 12.8 Å². The van der Waals surface area contributed by atoms with Crippen LogP contribution in [0, 0.1) is 0 Å². The van der Waals surface area contributed by atoms with E-state index in [9.17, 15) is 4.79 Å². The van der Waals surface area contributed by atoms with Gasteiger partial charge in [0.15, 0.2) is 0 Å². The molecule has 0 aromatic carbocycles. The van der Waals surface area contributed by atoms with Crippen molar-refractivity contribution < 1.29 is 9.53 Å². The molecule has 0 bridgehead atoms. The Morgan fingerprint density at radius 3 is 2.87 bits per heavy atom. The number of ether oxygens (including phenoxy) is 1. The molecule has 2 rings (SSSR count). The Morgan fingerprint density at radius 1 is 1.47 bits per heavy atom. The molecule has 0 atom stereocenters. The Kier molecular flexibility index (Phi) is 3.06. The Balaban J connectivity index is 2.04. The van der Waals surface area contributed by atoms with E-state index in [2.05, 4.69) is 4.90 Å². The zero-order chi connectivity index (χ0) is 10.7. The minimum absolute atomic E-state index is 0.358. The lowest BCUT2D eigenvalue weighted by Crippen LogP contribution is -2.37. The van der Waals surface area contributed by atoms with Crippen LogP contribution in [0.3, 0.4) is 0 Å². The second-order valence-corrected chi connectivity index (χ2v) is 3.89. The van der Waals surface area contributed by atoms with Crippen LogP contribution in [0.25, 0.3) is 0 Å². The first kappa shape index (κ1) is 10.2. The SMILES string of the molecule is NC(=O)C1=CN(C2CCOCC2)CC=C1. The highest BCUT2D eigenvalue weighted by Gasteiger charge is 2.20. The van der Waals surface area contributed by atoms with Gasteiger partial charge in [0.1, 0.15) is 0 Å². The first-order chi connectivity index (χ1) is 7.27. The van der Waals surface area contributed by atoms with Crippen molar-refractivity contribution in [2.75, 3.05) is 19.8 Å². The summed E-state index contributed by atoms with van der Waals surface area (Å²) in [5.74, 6) is -0.358. The van der Waals surface area contributed by atoms with Crippen LogP contribution >= 0.6 is 0 Å². The number of nitrogens with two attached hydrogens (primary N) is 1. The summed E-state index contributed by atoms with van der Waals surface area (Å²) in [6.45, 7) is 2.48. The number of carbonyl (C=O) groups excluding carboxylic acids is 1. The summed E-state index contributed by atoms with van der Waals surface area (Å²) < 4.78 is 5.31. The molecule has 2 heterocycles. The van der Waals surface area contributed by atoms with E-state index in [1.165, 1.54) is 0 Å². The molecular weight excluding hydrogens is 192 g/mol. The number of hydrogen-bond donors (Lipinski definition) is 1.